The molecule has 0 saturated carbocycles. The van der Waals surface area contributed by atoms with Crippen LogP contribution >= 0.6 is 0 Å². The van der Waals surface area contributed by atoms with Gasteiger partial charge in [-0.1, -0.05) is 5.21 Å². The average Bonchev–Trinajstić information content (AvgIpc) is 2.71. The number of rotatable bonds is 2. The lowest BCUT2D eigenvalue weighted by molar-refractivity contribution is 0.368. The van der Waals surface area contributed by atoms with Crippen molar-refractivity contribution in [3.8, 4) is 11.7 Å². The summed E-state index contributed by atoms with van der Waals surface area (Å²) >= 11 is 0. The minimum atomic E-state index is -0.503. The second-order valence-corrected chi connectivity index (χ2v) is 2.51. The SMILES string of the molecule is COc1nc(-n2ccnn2)ccc1F. The van der Waals surface area contributed by atoms with Crippen LogP contribution in [0.1, 0.15) is 0 Å². The first-order valence-corrected chi connectivity index (χ1v) is 3.88. The van der Waals surface area contributed by atoms with Crippen molar-refractivity contribution in [3.05, 3.63) is 30.3 Å². The number of nitrogens with zero attached hydrogens (tertiary/aromatic N) is 4. The van der Waals surface area contributed by atoms with E-state index in [2.05, 4.69) is 15.3 Å². The van der Waals surface area contributed by atoms with Gasteiger partial charge in [0.25, 0.3) is 5.88 Å². The summed E-state index contributed by atoms with van der Waals surface area (Å²) in [7, 11) is 1.36. The molecule has 0 aliphatic rings. The molecule has 5 nitrogen and oxygen atoms in total. The fraction of sp³-hybridized carbons (Fsp3) is 0.125. The lowest BCUT2D eigenvalue weighted by atomic mass is 10.4. The molecule has 0 aliphatic carbocycles. The van der Waals surface area contributed by atoms with Crippen LogP contribution in [0.2, 0.25) is 0 Å². The highest BCUT2D eigenvalue weighted by atomic mass is 19.1. The molecule has 0 amide bonds. The van der Waals surface area contributed by atoms with Gasteiger partial charge in [-0.2, -0.15) is 4.98 Å². The molecule has 72 valence electrons. The Labute approximate surface area is 79.1 Å². The summed E-state index contributed by atoms with van der Waals surface area (Å²) in [5, 5.41) is 7.33. The molecule has 0 aliphatic heterocycles. The van der Waals surface area contributed by atoms with Crippen LogP contribution in [0.4, 0.5) is 4.39 Å². The van der Waals surface area contributed by atoms with Crippen molar-refractivity contribution in [2.75, 3.05) is 7.11 Å². The number of aromatic nitrogens is 4. The minimum absolute atomic E-state index is 0.0574. The third-order valence-corrected chi connectivity index (χ3v) is 1.65. The van der Waals surface area contributed by atoms with Gasteiger partial charge < -0.3 is 4.74 Å². The Balaban J connectivity index is 2.46. The molecule has 0 unspecified atom stereocenters. The largest absolute Gasteiger partial charge is 0.479 e. The highest BCUT2D eigenvalue weighted by Crippen LogP contribution is 2.14. The summed E-state index contributed by atoms with van der Waals surface area (Å²) in [4.78, 5) is 3.90. The van der Waals surface area contributed by atoms with E-state index in [1.165, 1.54) is 30.1 Å². The van der Waals surface area contributed by atoms with E-state index in [0.29, 0.717) is 5.82 Å². The summed E-state index contributed by atoms with van der Waals surface area (Å²) in [5.74, 6) is -0.102. The van der Waals surface area contributed by atoms with Gasteiger partial charge >= 0.3 is 0 Å². The van der Waals surface area contributed by atoms with Gasteiger partial charge in [-0.05, 0) is 12.1 Å². The van der Waals surface area contributed by atoms with Gasteiger partial charge in [-0.25, -0.2) is 9.07 Å². The maximum atomic E-state index is 13.0. The van der Waals surface area contributed by atoms with E-state index in [9.17, 15) is 4.39 Å². The smallest absolute Gasteiger partial charge is 0.252 e. The average molecular weight is 194 g/mol. The Morgan fingerprint density at radius 1 is 1.43 bits per heavy atom. The van der Waals surface area contributed by atoms with Gasteiger partial charge in [0.05, 0.1) is 19.5 Å². The normalized spacial score (nSPS) is 10.1. The zero-order valence-electron chi connectivity index (χ0n) is 7.38. The van der Waals surface area contributed by atoms with Crippen molar-refractivity contribution >= 4 is 0 Å². The van der Waals surface area contributed by atoms with Crippen LogP contribution in [-0.2, 0) is 0 Å². The van der Waals surface area contributed by atoms with Crippen LogP contribution in [0, 0.1) is 5.82 Å². The van der Waals surface area contributed by atoms with Crippen molar-refractivity contribution in [1.82, 2.24) is 20.0 Å². The van der Waals surface area contributed by atoms with Crippen molar-refractivity contribution in [2.24, 2.45) is 0 Å². The second-order valence-electron chi connectivity index (χ2n) is 2.51. The summed E-state index contributed by atoms with van der Waals surface area (Å²) in [5.41, 5.74) is 0. The first kappa shape index (κ1) is 8.61. The number of pyridine rings is 1. The van der Waals surface area contributed by atoms with Gasteiger partial charge in [0.15, 0.2) is 11.6 Å². The summed E-state index contributed by atoms with van der Waals surface area (Å²) in [6, 6.07) is 2.76. The predicted octanol–water partition coefficient (Wildman–Crippen LogP) is 0.810. The Morgan fingerprint density at radius 2 is 2.29 bits per heavy atom. The van der Waals surface area contributed by atoms with Crippen LogP contribution in [0.5, 0.6) is 5.88 Å². The predicted molar refractivity (Wildman–Crippen MR) is 45.7 cm³/mol. The molecule has 0 N–H and O–H groups in total. The Kier molecular flexibility index (Phi) is 2.10. The van der Waals surface area contributed by atoms with Crippen molar-refractivity contribution in [3.63, 3.8) is 0 Å². The van der Waals surface area contributed by atoms with Crippen LogP contribution in [-0.4, -0.2) is 27.1 Å². The van der Waals surface area contributed by atoms with Gasteiger partial charge in [0.1, 0.15) is 0 Å². The number of halogens is 1. The number of hydrogen-bond donors (Lipinski definition) is 0. The van der Waals surface area contributed by atoms with Gasteiger partial charge in [0.2, 0.25) is 0 Å². The highest BCUT2D eigenvalue weighted by Gasteiger charge is 2.06. The molecule has 0 aromatic carbocycles. The van der Waals surface area contributed by atoms with E-state index in [4.69, 9.17) is 4.74 Å². The summed E-state index contributed by atoms with van der Waals surface area (Å²) < 4.78 is 19.1. The van der Waals surface area contributed by atoms with Crippen molar-refractivity contribution in [2.45, 2.75) is 0 Å². The van der Waals surface area contributed by atoms with Crippen LogP contribution < -0.4 is 4.74 Å². The molecule has 2 rings (SSSR count). The molecule has 2 aromatic heterocycles. The van der Waals surface area contributed by atoms with Crippen LogP contribution in [0.3, 0.4) is 0 Å². The molecule has 6 heteroatoms. The highest BCUT2D eigenvalue weighted by molar-refractivity contribution is 5.27. The standard InChI is InChI=1S/C8H7FN4O/c1-14-8-6(9)2-3-7(11-8)13-5-4-10-12-13/h2-5H,1H3. The van der Waals surface area contributed by atoms with Gasteiger partial charge in [0, 0.05) is 0 Å². The summed E-state index contributed by atoms with van der Waals surface area (Å²) in [6.07, 6.45) is 3.12. The van der Waals surface area contributed by atoms with Crippen molar-refractivity contribution < 1.29 is 9.13 Å². The molecule has 0 radical (unpaired) electrons. The third-order valence-electron chi connectivity index (χ3n) is 1.65. The number of hydrogen-bond acceptors (Lipinski definition) is 4. The van der Waals surface area contributed by atoms with Crippen LogP contribution in [0.15, 0.2) is 24.5 Å². The number of methoxy groups -OCH3 is 1. The zero-order valence-corrected chi connectivity index (χ0v) is 7.38. The Morgan fingerprint density at radius 3 is 2.93 bits per heavy atom. The summed E-state index contributed by atoms with van der Waals surface area (Å²) in [6.45, 7) is 0. The maximum absolute atomic E-state index is 13.0. The van der Waals surface area contributed by atoms with Crippen LogP contribution in [0.25, 0.3) is 5.82 Å². The monoisotopic (exact) mass is 194 g/mol. The fourth-order valence-corrected chi connectivity index (χ4v) is 1.01. The molecule has 2 aromatic rings. The molecule has 0 atom stereocenters. The minimum Gasteiger partial charge on any atom is -0.479 e. The Hall–Kier alpha value is -1.98. The first-order valence-electron chi connectivity index (χ1n) is 3.88. The van der Waals surface area contributed by atoms with E-state index in [0.717, 1.165) is 0 Å². The Bertz CT molecular complexity index is 429. The van der Waals surface area contributed by atoms with E-state index in [1.54, 1.807) is 6.20 Å². The lowest BCUT2D eigenvalue weighted by Gasteiger charge is -2.03. The molecular formula is C8H7FN4O. The quantitative estimate of drug-likeness (QED) is 0.709. The molecule has 0 spiro atoms. The fourth-order valence-electron chi connectivity index (χ4n) is 1.01. The van der Waals surface area contributed by atoms with Gasteiger partial charge in [-0.15, -0.1) is 5.10 Å². The second kappa shape index (κ2) is 3.41. The molecule has 14 heavy (non-hydrogen) atoms. The van der Waals surface area contributed by atoms with E-state index < -0.39 is 5.82 Å². The molecule has 0 bridgehead atoms. The lowest BCUT2D eigenvalue weighted by Crippen LogP contribution is -2.01. The first-order chi connectivity index (χ1) is 6.81. The molecular weight excluding hydrogens is 187 g/mol. The molecule has 0 saturated heterocycles. The van der Waals surface area contributed by atoms with E-state index in [1.807, 2.05) is 0 Å². The van der Waals surface area contributed by atoms with Gasteiger partial charge in [-0.3, -0.25) is 0 Å². The maximum Gasteiger partial charge on any atom is 0.252 e. The number of ether oxygens (including phenoxy) is 1. The van der Waals surface area contributed by atoms with Crippen molar-refractivity contribution in [1.29, 1.82) is 0 Å². The molecule has 0 fully saturated rings. The molecule has 2 heterocycles. The van der Waals surface area contributed by atoms with E-state index >= 15 is 0 Å². The topological polar surface area (TPSA) is 52.8 Å². The van der Waals surface area contributed by atoms with E-state index in [-0.39, 0.29) is 5.88 Å². The third kappa shape index (κ3) is 1.41. The zero-order chi connectivity index (χ0) is 9.97.